The van der Waals surface area contributed by atoms with E-state index in [4.69, 9.17) is 22.1 Å². The zero-order valence-corrected chi connectivity index (χ0v) is 11.2. The van der Waals surface area contributed by atoms with Crippen molar-refractivity contribution in [2.75, 3.05) is 5.73 Å². The minimum absolute atomic E-state index is 0.125. The summed E-state index contributed by atoms with van der Waals surface area (Å²) < 4.78 is 19.1. The molecule has 102 valence electrons. The number of ether oxygens (including phenoxy) is 1. The molecule has 20 heavy (non-hydrogen) atoms. The summed E-state index contributed by atoms with van der Waals surface area (Å²) in [6, 6.07) is 9.40. The molecule has 5 heteroatoms. The first-order valence-electron chi connectivity index (χ1n) is 6.09. The maximum absolute atomic E-state index is 13.3. The predicted molar refractivity (Wildman–Crippen MR) is 74.6 cm³/mol. The number of carbonyl (C=O) groups excluding carboxylic acids is 1. The van der Waals surface area contributed by atoms with E-state index in [2.05, 4.69) is 0 Å². The van der Waals surface area contributed by atoms with Crippen LogP contribution in [-0.2, 0) is 0 Å². The standard InChI is InChI=1S/C15H11ClFNO2/c16-9-3-1-2-8(4-9)14-7-13(19)11-5-10(17)6-12(18)15(11)20-14/h1-6,14H,7,18H2. The summed E-state index contributed by atoms with van der Waals surface area (Å²) >= 11 is 5.94. The highest BCUT2D eigenvalue weighted by atomic mass is 35.5. The van der Waals surface area contributed by atoms with Crippen molar-refractivity contribution in [3.05, 3.63) is 58.4 Å². The van der Waals surface area contributed by atoms with Gasteiger partial charge in [-0.3, -0.25) is 4.79 Å². The van der Waals surface area contributed by atoms with E-state index >= 15 is 0 Å². The molecular weight excluding hydrogens is 281 g/mol. The van der Waals surface area contributed by atoms with Crippen molar-refractivity contribution < 1.29 is 13.9 Å². The summed E-state index contributed by atoms with van der Waals surface area (Å²) in [5.41, 5.74) is 6.84. The maximum atomic E-state index is 13.3. The number of halogens is 2. The van der Waals surface area contributed by atoms with E-state index in [1.807, 2.05) is 6.07 Å². The fraction of sp³-hybridized carbons (Fsp3) is 0.133. The van der Waals surface area contributed by atoms with E-state index in [1.165, 1.54) is 0 Å². The lowest BCUT2D eigenvalue weighted by atomic mass is 9.95. The number of ketones is 1. The third-order valence-corrected chi connectivity index (χ3v) is 3.47. The lowest BCUT2D eigenvalue weighted by Gasteiger charge is -2.26. The number of fused-ring (bicyclic) bond motifs is 1. The van der Waals surface area contributed by atoms with Gasteiger partial charge in [-0.15, -0.1) is 0 Å². The van der Waals surface area contributed by atoms with Crippen LogP contribution in [0.4, 0.5) is 10.1 Å². The summed E-state index contributed by atoms with van der Waals surface area (Å²) in [5, 5.41) is 0.566. The molecule has 1 aliphatic rings. The molecule has 1 atom stereocenters. The lowest BCUT2D eigenvalue weighted by Crippen LogP contribution is -2.21. The van der Waals surface area contributed by atoms with Crippen molar-refractivity contribution in [2.45, 2.75) is 12.5 Å². The molecule has 0 saturated heterocycles. The summed E-state index contributed by atoms with van der Waals surface area (Å²) in [6.45, 7) is 0. The predicted octanol–water partition coefficient (Wildman–Crippen LogP) is 3.77. The van der Waals surface area contributed by atoms with Gasteiger partial charge in [0.25, 0.3) is 0 Å². The van der Waals surface area contributed by atoms with Crippen LogP contribution in [0.15, 0.2) is 36.4 Å². The van der Waals surface area contributed by atoms with Crippen LogP contribution in [0, 0.1) is 5.82 Å². The third kappa shape index (κ3) is 2.23. The van der Waals surface area contributed by atoms with E-state index in [9.17, 15) is 9.18 Å². The fourth-order valence-corrected chi connectivity index (χ4v) is 2.51. The highest BCUT2D eigenvalue weighted by Crippen LogP contribution is 2.39. The molecule has 0 spiro atoms. The first kappa shape index (κ1) is 12.9. The van der Waals surface area contributed by atoms with Crippen molar-refractivity contribution in [3.63, 3.8) is 0 Å². The number of nitrogens with two attached hydrogens (primary N) is 1. The van der Waals surface area contributed by atoms with Crippen molar-refractivity contribution >= 4 is 23.1 Å². The van der Waals surface area contributed by atoms with Crippen molar-refractivity contribution in [3.8, 4) is 5.75 Å². The maximum Gasteiger partial charge on any atom is 0.170 e. The average Bonchev–Trinajstić information content (AvgIpc) is 2.39. The molecular formula is C15H11ClFNO2. The molecule has 2 N–H and O–H groups in total. The van der Waals surface area contributed by atoms with Gasteiger partial charge >= 0.3 is 0 Å². The second-order valence-corrected chi connectivity index (χ2v) is 5.10. The minimum atomic E-state index is -0.542. The highest BCUT2D eigenvalue weighted by molar-refractivity contribution is 6.30. The Balaban J connectivity index is 2.02. The second-order valence-electron chi connectivity index (χ2n) is 4.66. The van der Waals surface area contributed by atoms with E-state index in [0.29, 0.717) is 5.02 Å². The first-order chi connectivity index (χ1) is 9.54. The van der Waals surface area contributed by atoms with Gasteiger partial charge in [0, 0.05) is 11.1 Å². The Kier molecular flexibility index (Phi) is 3.10. The number of hydrogen-bond acceptors (Lipinski definition) is 3. The molecule has 0 aliphatic carbocycles. The molecule has 2 aromatic rings. The number of nitrogen functional groups attached to an aromatic ring is 1. The molecule has 0 amide bonds. The zero-order chi connectivity index (χ0) is 14.3. The van der Waals surface area contributed by atoms with Gasteiger partial charge in [-0.1, -0.05) is 23.7 Å². The third-order valence-electron chi connectivity index (χ3n) is 3.23. The molecule has 0 aromatic heterocycles. The van der Waals surface area contributed by atoms with E-state index in [0.717, 1.165) is 17.7 Å². The van der Waals surface area contributed by atoms with Gasteiger partial charge in [0.05, 0.1) is 17.7 Å². The van der Waals surface area contributed by atoms with Crippen LogP contribution in [-0.4, -0.2) is 5.78 Å². The number of Topliss-reactive ketones (excluding diaryl/α,β-unsaturated/α-hetero) is 1. The van der Waals surface area contributed by atoms with E-state index < -0.39 is 11.9 Å². The van der Waals surface area contributed by atoms with Gasteiger partial charge in [0.15, 0.2) is 11.5 Å². The molecule has 3 rings (SSSR count). The molecule has 3 nitrogen and oxygen atoms in total. The number of benzene rings is 2. The topological polar surface area (TPSA) is 52.3 Å². The SMILES string of the molecule is Nc1cc(F)cc2c1OC(c1cccc(Cl)c1)CC2=O. The zero-order valence-electron chi connectivity index (χ0n) is 10.4. The summed E-state index contributed by atoms with van der Waals surface area (Å²) in [7, 11) is 0. The Morgan fingerprint density at radius 2 is 2.10 bits per heavy atom. The van der Waals surface area contributed by atoms with Gasteiger partial charge in [0.2, 0.25) is 0 Å². The molecule has 0 saturated carbocycles. The smallest absolute Gasteiger partial charge is 0.170 e. The Morgan fingerprint density at radius 1 is 1.30 bits per heavy atom. The van der Waals surface area contributed by atoms with Gasteiger partial charge in [-0.2, -0.15) is 0 Å². The van der Waals surface area contributed by atoms with Gasteiger partial charge in [-0.25, -0.2) is 4.39 Å². The Bertz CT molecular complexity index is 702. The Labute approximate surface area is 120 Å². The average molecular weight is 292 g/mol. The fourth-order valence-electron chi connectivity index (χ4n) is 2.31. The Hall–Kier alpha value is -2.07. The monoisotopic (exact) mass is 291 g/mol. The highest BCUT2D eigenvalue weighted by Gasteiger charge is 2.29. The summed E-state index contributed by atoms with van der Waals surface area (Å²) in [5.74, 6) is -0.491. The lowest BCUT2D eigenvalue weighted by molar-refractivity contribution is 0.0850. The van der Waals surface area contributed by atoms with Crippen molar-refractivity contribution in [1.82, 2.24) is 0 Å². The van der Waals surface area contributed by atoms with Crippen LogP contribution >= 0.6 is 11.6 Å². The first-order valence-corrected chi connectivity index (χ1v) is 6.47. The van der Waals surface area contributed by atoms with Crippen LogP contribution < -0.4 is 10.5 Å². The molecule has 1 unspecified atom stereocenters. The summed E-state index contributed by atoms with van der Waals surface area (Å²) in [4.78, 5) is 12.1. The van der Waals surface area contributed by atoms with Crippen LogP contribution in [0.25, 0.3) is 0 Å². The Morgan fingerprint density at radius 3 is 2.85 bits per heavy atom. The number of carbonyl (C=O) groups is 1. The van der Waals surface area contributed by atoms with Crippen LogP contribution in [0.1, 0.15) is 28.4 Å². The molecule has 0 radical (unpaired) electrons. The van der Waals surface area contributed by atoms with Crippen LogP contribution in [0.2, 0.25) is 5.02 Å². The number of hydrogen-bond donors (Lipinski definition) is 1. The second kappa shape index (κ2) is 4.80. The van der Waals surface area contributed by atoms with Gasteiger partial charge < -0.3 is 10.5 Å². The number of anilines is 1. The largest absolute Gasteiger partial charge is 0.482 e. The minimum Gasteiger partial charge on any atom is -0.482 e. The summed E-state index contributed by atoms with van der Waals surface area (Å²) in [6.07, 6.45) is -0.322. The van der Waals surface area contributed by atoms with Crippen molar-refractivity contribution in [2.24, 2.45) is 0 Å². The molecule has 0 fully saturated rings. The van der Waals surface area contributed by atoms with E-state index in [-0.39, 0.29) is 29.2 Å². The van der Waals surface area contributed by atoms with E-state index in [1.54, 1.807) is 18.2 Å². The molecule has 2 aromatic carbocycles. The molecule has 1 heterocycles. The number of rotatable bonds is 1. The molecule has 0 bridgehead atoms. The molecule has 1 aliphatic heterocycles. The van der Waals surface area contributed by atoms with Gasteiger partial charge in [-0.05, 0) is 23.8 Å². The van der Waals surface area contributed by atoms with Crippen LogP contribution in [0.3, 0.4) is 0 Å². The quantitative estimate of drug-likeness (QED) is 0.814. The van der Waals surface area contributed by atoms with Crippen LogP contribution in [0.5, 0.6) is 5.75 Å². The van der Waals surface area contributed by atoms with Gasteiger partial charge in [0.1, 0.15) is 11.9 Å². The normalized spacial score (nSPS) is 17.5. The van der Waals surface area contributed by atoms with Crippen molar-refractivity contribution in [1.29, 1.82) is 0 Å².